The molecule has 31 heavy (non-hydrogen) atoms. The summed E-state index contributed by atoms with van der Waals surface area (Å²) in [6.45, 7) is 3.69. The number of hydrogen-bond acceptors (Lipinski definition) is 8. The number of ether oxygens (including phenoxy) is 1. The molecule has 0 spiro atoms. The highest BCUT2D eigenvalue weighted by atomic mass is 32.2. The molecule has 0 aliphatic carbocycles. The van der Waals surface area contributed by atoms with Crippen LogP contribution >= 0.6 is 11.8 Å². The summed E-state index contributed by atoms with van der Waals surface area (Å²) in [7, 11) is 1.68. The molecule has 1 fully saturated rings. The zero-order valence-electron chi connectivity index (χ0n) is 16.5. The Bertz CT molecular complexity index is 1070. The number of hydrogen-bond donors (Lipinski definition) is 2. The third kappa shape index (κ3) is 4.61. The monoisotopic (exact) mass is 451 g/mol. The summed E-state index contributed by atoms with van der Waals surface area (Å²) in [6, 6.07) is 3.53. The van der Waals surface area contributed by atoms with Crippen LogP contribution in [0.25, 0.3) is 11.4 Å². The number of amides is 1. The van der Waals surface area contributed by atoms with Crippen molar-refractivity contribution in [1.29, 1.82) is 0 Å². The third-order valence-electron chi connectivity index (χ3n) is 4.79. The second-order valence-electron chi connectivity index (χ2n) is 6.87. The van der Waals surface area contributed by atoms with Crippen LogP contribution in [0.3, 0.4) is 0 Å². The first-order valence-electron chi connectivity index (χ1n) is 9.35. The summed E-state index contributed by atoms with van der Waals surface area (Å²) in [4.78, 5) is 13.3. The first-order chi connectivity index (χ1) is 15.0. The SMILES string of the molecule is Cn1c(Sc2c(F)cc(C(=O)NO)cc2F)nnc1-c1coc(CN2CCOCC2)c1. The Morgan fingerprint density at radius 2 is 1.94 bits per heavy atom. The van der Waals surface area contributed by atoms with E-state index in [1.54, 1.807) is 17.9 Å². The van der Waals surface area contributed by atoms with Crippen LogP contribution in [0.15, 0.2) is 38.9 Å². The molecule has 3 heterocycles. The van der Waals surface area contributed by atoms with Crippen LogP contribution in [0.4, 0.5) is 8.78 Å². The number of morpholine rings is 1. The molecule has 1 saturated heterocycles. The van der Waals surface area contributed by atoms with Gasteiger partial charge >= 0.3 is 0 Å². The van der Waals surface area contributed by atoms with Gasteiger partial charge in [0.1, 0.15) is 23.7 Å². The van der Waals surface area contributed by atoms with Gasteiger partial charge in [-0.05, 0) is 30.0 Å². The van der Waals surface area contributed by atoms with Gasteiger partial charge in [-0.15, -0.1) is 10.2 Å². The van der Waals surface area contributed by atoms with Crippen LogP contribution in [-0.4, -0.2) is 57.1 Å². The number of halogens is 2. The van der Waals surface area contributed by atoms with Crippen molar-refractivity contribution in [3.8, 4) is 11.4 Å². The fraction of sp³-hybridized carbons (Fsp3) is 0.316. The van der Waals surface area contributed by atoms with E-state index in [2.05, 4.69) is 15.1 Å². The van der Waals surface area contributed by atoms with Gasteiger partial charge in [0.25, 0.3) is 5.91 Å². The lowest BCUT2D eigenvalue weighted by molar-refractivity contribution is 0.0313. The van der Waals surface area contributed by atoms with Gasteiger partial charge in [0.2, 0.25) is 0 Å². The van der Waals surface area contributed by atoms with Gasteiger partial charge in [-0.2, -0.15) is 0 Å². The van der Waals surface area contributed by atoms with E-state index >= 15 is 0 Å². The highest BCUT2D eigenvalue weighted by molar-refractivity contribution is 7.99. The summed E-state index contributed by atoms with van der Waals surface area (Å²) >= 11 is 0.739. The van der Waals surface area contributed by atoms with E-state index in [4.69, 9.17) is 14.4 Å². The predicted octanol–water partition coefficient (Wildman–Crippen LogP) is 2.46. The predicted molar refractivity (Wildman–Crippen MR) is 105 cm³/mol. The number of carbonyl (C=O) groups is 1. The minimum Gasteiger partial charge on any atom is -0.467 e. The van der Waals surface area contributed by atoms with E-state index in [-0.39, 0.29) is 15.6 Å². The summed E-state index contributed by atoms with van der Waals surface area (Å²) in [5.74, 6) is -1.67. The molecule has 3 aromatic rings. The van der Waals surface area contributed by atoms with Crippen LogP contribution < -0.4 is 5.48 Å². The Balaban J connectivity index is 1.52. The molecule has 0 atom stereocenters. The fourth-order valence-corrected chi connectivity index (χ4v) is 3.96. The Morgan fingerprint density at radius 1 is 1.23 bits per heavy atom. The summed E-state index contributed by atoms with van der Waals surface area (Å²) in [6.07, 6.45) is 1.57. The average molecular weight is 451 g/mol. The van der Waals surface area contributed by atoms with Crippen molar-refractivity contribution in [1.82, 2.24) is 25.1 Å². The van der Waals surface area contributed by atoms with E-state index in [9.17, 15) is 13.6 Å². The van der Waals surface area contributed by atoms with Crippen molar-refractivity contribution in [2.24, 2.45) is 7.05 Å². The van der Waals surface area contributed by atoms with Crippen LogP contribution in [0.1, 0.15) is 16.1 Å². The van der Waals surface area contributed by atoms with Gasteiger partial charge in [0, 0.05) is 25.7 Å². The second kappa shape index (κ2) is 9.14. The average Bonchev–Trinajstić information content (AvgIpc) is 3.37. The Morgan fingerprint density at radius 3 is 2.61 bits per heavy atom. The number of hydroxylamine groups is 1. The van der Waals surface area contributed by atoms with Crippen LogP contribution in [0, 0.1) is 11.6 Å². The Labute approximate surface area is 180 Å². The van der Waals surface area contributed by atoms with Gasteiger partial charge in [-0.25, -0.2) is 14.3 Å². The second-order valence-corrected chi connectivity index (χ2v) is 7.84. The van der Waals surface area contributed by atoms with E-state index in [1.165, 1.54) is 5.48 Å². The van der Waals surface area contributed by atoms with Crippen molar-refractivity contribution < 1.29 is 27.9 Å². The topological polar surface area (TPSA) is 106 Å². The zero-order valence-corrected chi connectivity index (χ0v) is 17.3. The molecule has 4 rings (SSSR count). The number of carbonyl (C=O) groups excluding carboxylic acids is 1. The summed E-state index contributed by atoms with van der Waals surface area (Å²) in [5, 5.41) is 17.0. The molecule has 2 N–H and O–H groups in total. The smallest absolute Gasteiger partial charge is 0.274 e. The number of nitrogens with one attached hydrogen (secondary N) is 1. The molecule has 12 heteroatoms. The maximum atomic E-state index is 14.4. The molecule has 0 radical (unpaired) electrons. The fourth-order valence-electron chi connectivity index (χ4n) is 3.16. The largest absolute Gasteiger partial charge is 0.467 e. The van der Waals surface area contributed by atoms with Gasteiger partial charge < -0.3 is 13.7 Å². The molecule has 0 unspecified atom stereocenters. The quantitative estimate of drug-likeness (QED) is 0.435. The van der Waals surface area contributed by atoms with Gasteiger partial charge in [-0.3, -0.25) is 14.9 Å². The number of furan rings is 1. The van der Waals surface area contributed by atoms with Crippen LogP contribution in [0.2, 0.25) is 0 Å². The molecular formula is C19H19F2N5O4S. The number of nitrogens with zero attached hydrogens (tertiary/aromatic N) is 4. The number of rotatable bonds is 6. The zero-order chi connectivity index (χ0) is 22.0. The minimum atomic E-state index is -1.01. The van der Waals surface area contributed by atoms with E-state index in [1.807, 2.05) is 6.07 Å². The maximum Gasteiger partial charge on any atom is 0.274 e. The number of aromatic nitrogens is 3. The standard InChI is InChI=1S/C19H19F2N5O4S/c1-25-17(12-6-13(30-10-12)9-26-2-4-29-5-3-26)22-23-19(25)31-16-14(20)7-11(8-15(16)21)18(27)24-28/h6-8,10,28H,2-5,9H2,1H3,(H,24,27). The van der Waals surface area contributed by atoms with Gasteiger partial charge in [0.15, 0.2) is 11.0 Å². The van der Waals surface area contributed by atoms with Crippen molar-refractivity contribution >= 4 is 17.7 Å². The molecule has 1 aliphatic rings. The van der Waals surface area contributed by atoms with E-state index in [0.29, 0.717) is 31.1 Å². The van der Waals surface area contributed by atoms with Crippen molar-refractivity contribution in [2.45, 2.75) is 16.6 Å². The molecule has 1 amide bonds. The summed E-state index contributed by atoms with van der Waals surface area (Å²) < 4.78 is 41.3. The van der Waals surface area contributed by atoms with E-state index < -0.39 is 17.5 Å². The first-order valence-corrected chi connectivity index (χ1v) is 10.2. The Kier molecular flexibility index (Phi) is 6.32. The molecule has 2 aromatic heterocycles. The lowest BCUT2D eigenvalue weighted by atomic mass is 10.2. The molecule has 9 nitrogen and oxygen atoms in total. The van der Waals surface area contributed by atoms with Crippen molar-refractivity contribution in [2.75, 3.05) is 26.3 Å². The summed E-state index contributed by atoms with van der Waals surface area (Å²) in [5.41, 5.74) is 1.69. The lowest BCUT2D eigenvalue weighted by Gasteiger charge is -2.25. The van der Waals surface area contributed by atoms with Crippen LogP contribution in [-0.2, 0) is 18.3 Å². The molecule has 1 aromatic carbocycles. The highest BCUT2D eigenvalue weighted by Gasteiger charge is 2.21. The minimum absolute atomic E-state index is 0.253. The normalized spacial score (nSPS) is 14.7. The highest BCUT2D eigenvalue weighted by Crippen LogP contribution is 2.33. The molecule has 0 saturated carbocycles. The van der Waals surface area contributed by atoms with Gasteiger partial charge in [-0.1, -0.05) is 0 Å². The molecule has 0 bridgehead atoms. The van der Waals surface area contributed by atoms with Crippen molar-refractivity contribution in [3.05, 3.63) is 47.4 Å². The molecule has 1 aliphatic heterocycles. The van der Waals surface area contributed by atoms with E-state index in [0.717, 1.165) is 42.7 Å². The first kappa shape index (κ1) is 21.4. The Hall–Kier alpha value is -2.80. The molecular weight excluding hydrogens is 432 g/mol. The van der Waals surface area contributed by atoms with Crippen molar-refractivity contribution in [3.63, 3.8) is 0 Å². The number of benzene rings is 1. The third-order valence-corrected chi connectivity index (χ3v) is 5.92. The lowest BCUT2D eigenvalue weighted by Crippen LogP contribution is -2.35. The van der Waals surface area contributed by atoms with Crippen LogP contribution in [0.5, 0.6) is 0 Å². The molecule has 164 valence electrons. The van der Waals surface area contributed by atoms with Gasteiger partial charge in [0.05, 0.1) is 30.2 Å². The maximum absolute atomic E-state index is 14.4.